The molecule has 124 valence electrons. The molecule has 9 heteroatoms. The summed E-state index contributed by atoms with van der Waals surface area (Å²) in [5.41, 5.74) is 0.496. The van der Waals surface area contributed by atoms with Crippen molar-refractivity contribution in [1.82, 2.24) is 0 Å². The predicted molar refractivity (Wildman–Crippen MR) is 97.2 cm³/mol. The molecule has 2 aromatic carbocycles. The molecule has 0 heterocycles. The van der Waals surface area contributed by atoms with Crippen molar-refractivity contribution in [2.45, 2.75) is 0 Å². The van der Waals surface area contributed by atoms with Gasteiger partial charge in [0.1, 0.15) is 5.02 Å². The number of amides is 1. The van der Waals surface area contributed by atoms with Gasteiger partial charge in [0.05, 0.1) is 25.7 Å². The Bertz CT molecular complexity index is 853. The minimum Gasteiger partial charge on any atom is -0.321 e. The maximum absolute atomic E-state index is 11.9. The van der Waals surface area contributed by atoms with Crippen LogP contribution in [0.3, 0.4) is 0 Å². The van der Waals surface area contributed by atoms with Crippen molar-refractivity contribution in [2.24, 2.45) is 0 Å². The lowest BCUT2D eigenvalue weighted by atomic mass is 10.2. The average Bonchev–Trinajstić information content (AvgIpc) is 2.51. The van der Waals surface area contributed by atoms with Crippen LogP contribution in [0.4, 0.5) is 11.4 Å². The molecule has 1 N–H and O–H groups in total. The maximum Gasteiger partial charge on any atom is 0.288 e. The molecule has 0 atom stereocenters. The van der Waals surface area contributed by atoms with E-state index in [9.17, 15) is 14.9 Å². The number of hydrogen-bond acceptors (Lipinski definition) is 3. The number of nitro benzene ring substituents is 1. The van der Waals surface area contributed by atoms with Gasteiger partial charge in [-0.15, -0.1) is 0 Å². The molecule has 5 nitrogen and oxygen atoms in total. The first-order chi connectivity index (χ1) is 11.3. The zero-order valence-electron chi connectivity index (χ0n) is 11.7. The van der Waals surface area contributed by atoms with Crippen LogP contribution in [-0.2, 0) is 4.79 Å². The van der Waals surface area contributed by atoms with Crippen LogP contribution >= 0.6 is 46.4 Å². The van der Waals surface area contributed by atoms with Gasteiger partial charge in [-0.2, -0.15) is 0 Å². The summed E-state index contributed by atoms with van der Waals surface area (Å²) >= 11 is 23.4. The number of halogens is 4. The Morgan fingerprint density at radius 1 is 1.00 bits per heavy atom. The van der Waals surface area contributed by atoms with Gasteiger partial charge in [-0.05, 0) is 29.8 Å². The Balaban J connectivity index is 2.15. The van der Waals surface area contributed by atoms with Crippen molar-refractivity contribution in [3.05, 3.63) is 72.2 Å². The van der Waals surface area contributed by atoms with Gasteiger partial charge in [0.2, 0.25) is 5.91 Å². The second kappa shape index (κ2) is 7.85. The van der Waals surface area contributed by atoms with Crippen molar-refractivity contribution in [2.75, 3.05) is 5.32 Å². The predicted octanol–water partition coefficient (Wildman–Crippen LogP) is 5.86. The van der Waals surface area contributed by atoms with E-state index in [-0.39, 0.29) is 25.8 Å². The van der Waals surface area contributed by atoms with E-state index in [2.05, 4.69) is 5.32 Å². The second-order valence-corrected chi connectivity index (χ2v) is 6.17. The first-order valence-corrected chi connectivity index (χ1v) is 7.86. The molecule has 0 aliphatic rings. The van der Waals surface area contributed by atoms with Crippen LogP contribution in [-0.4, -0.2) is 10.8 Å². The number of anilines is 1. The molecular formula is C15H8Cl4N2O3. The highest BCUT2D eigenvalue weighted by Crippen LogP contribution is 2.32. The summed E-state index contributed by atoms with van der Waals surface area (Å²) in [4.78, 5) is 22.2. The summed E-state index contributed by atoms with van der Waals surface area (Å²) in [7, 11) is 0. The topological polar surface area (TPSA) is 72.2 Å². The van der Waals surface area contributed by atoms with Crippen LogP contribution in [0, 0.1) is 10.1 Å². The number of carbonyl (C=O) groups is 1. The van der Waals surface area contributed by atoms with Gasteiger partial charge < -0.3 is 5.32 Å². The van der Waals surface area contributed by atoms with E-state index in [1.807, 2.05) is 0 Å². The second-order valence-electron chi connectivity index (χ2n) is 4.54. The smallest absolute Gasteiger partial charge is 0.288 e. The van der Waals surface area contributed by atoms with Crippen LogP contribution in [0.5, 0.6) is 0 Å². The molecular weight excluding hydrogens is 398 g/mol. The van der Waals surface area contributed by atoms with E-state index >= 15 is 0 Å². The number of nitrogens with one attached hydrogen (secondary N) is 1. The summed E-state index contributed by atoms with van der Waals surface area (Å²) in [6.45, 7) is 0. The van der Waals surface area contributed by atoms with Crippen LogP contribution < -0.4 is 5.32 Å². The normalized spacial score (nSPS) is 10.8. The fourth-order valence-electron chi connectivity index (χ4n) is 1.74. The Kier molecular flexibility index (Phi) is 6.07. The number of benzene rings is 2. The fourth-order valence-corrected chi connectivity index (χ4v) is 2.52. The van der Waals surface area contributed by atoms with Crippen LogP contribution in [0.25, 0.3) is 6.08 Å². The molecule has 1 amide bonds. The van der Waals surface area contributed by atoms with E-state index in [0.717, 1.165) is 0 Å². The molecule has 0 aliphatic carbocycles. The third-order valence-electron chi connectivity index (χ3n) is 2.86. The molecule has 0 bridgehead atoms. The number of nitrogens with zero attached hydrogens (tertiary/aromatic N) is 1. The lowest BCUT2D eigenvalue weighted by Crippen LogP contribution is -2.08. The summed E-state index contributed by atoms with van der Waals surface area (Å²) in [5.74, 6) is -0.493. The Morgan fingerprint density at radius 3 is 2.33 bits per heavy atom. The van der Waals surface area contributed by atoms with Gasteiger partial charge >= 0.3 is 0 Å². The van der Waals surface area contributed by atoms with E-state index in [1.54, 1.807) is 6.07 Å². The third kappa shape index (κ3) is 4.61. The molecule has 2 rings (SSSR count). The molecule has 2 aromatic rings. The van der Waals surface area contributed by atoms with Crippen LogP contribution in [0.2, 0.25) is 20.1 Å². The van der Waals surface area contributed by atoms with Gasteiger partial charge in [0.15, 0.2) is 0 Å². The van der Waals surface area contributed by atoms with Gasteiger partial charge in [-0.3, -0.25) is 14.9 Å². The first-order valence-electron chi connectivity index (χ1n) is 6.35. The third-order valence-corrected chi connectivity index (χ3v) is 4.22. The van der Waals surface area contributed by atoms with Crippen LogP contribution in [0.15, 0.2) is 36.4 Å². The minimum absolute atomic E-state index is 0.0178. The van der Waals surface area contributed by atoms with Gasteiger partial charge in [-0.25, -0.2) is 0 Å². The Labute approximate surface area is 156 Å². The molecule has 0 fully saturated rings. The highest BCUT2D eigenvalue weighted by atomic mass is 35.5. The summed E-state index contributed by atoms with van der Waals surface area (Å²) in [6.07, 6.45) is 2.61. The molecule has 0 aliphatic heterocycles. The Hall–Kier alpha value is -1.79. The molecule has 0 radical (unpaired) electrons. The van der Waals surface area contributed by atoms with Crippen molar-refractivity contribution in [3.8, 4) is 0 Å². The van der Waals surface area contributed by atoms with Crippen molar-refractivity contribution in [3.63, 3.8) is 0 Å². The summed E-state index contributed by atoms with van der Waals surface area (Å²) in [6, 6.07) is 7.02. The van der Waals surface area contributed by atoms with Crippen molar-refractivity contribution in [1.29, 1.82) is 0 Å². The highest BCUT2D eigenvalue weighted by molar-refractivity contribution is 6.44. The quantitative estimate of drug-likeness (QED) is 0.299. The molecule has 0 spiro atoms. The van der Waals surface area contributed by atoms with Crippen molar-refractivity contribution < 1.29 is 9.72 Å². The number of rotatable bonds is 4. The average molecular weight is 406 g/mol. The van der Waals surface area contributed by atoms with E-state index in [1.165, 1.54) is 36.4 Å². The fraction of sp³-hybridized carbons (Fsp3) is 0. The van der Waals surface area contributed by atoms with Crippen molar-refractivity contribution >= 4 is 69.8 Å². The lowest BCUT2D eigenvalue weighted by molar-refractivity contribution is -0.384. The molecule has 0 saturated carbocycles. The minimum atomic E-state index is -0.602. The first kappa shape index (κ1) is 18.5. The maximum atomic E-state index is 11.9. The number of nitro groups is 1. The highest BCUT2D eigenvalue weighted by Gasteiger charge is 2.12. The molecule has 0 unspecified atom stereocenters. The van der Waals surface area contributed by atoms with E-state index < -0.39 is 10.8 Å². The summed E-state index contributed by atoms with van der Waals surface area (Å²) < 4.78 is 0. The van der Waals surface area contributed by atoms with E-state index in [0.29, 0.717) is 11.3 Å². The van der Waals surface area contributed by atoms with Gasteiger partial charge in [0, 0.05) is 12.1 Å². The zero-order chi connectivity index (χ0) is 17.9. The molecule has 24 heavy (non-hydrogen) atoms. The van der Waals surface area contributed by atoms with Gasteiger partial charge in [-0.1, -0.05) is 52.5 Å². The monoisotopic (exact) mass is 404 g/mol. The van der Waals surface area contributed by atoms with Crippen LogP contribution in [0.1, 0.15) is 5.56 Å². The van der Waals surface area contributed by atoms with Gasteiger partial charge in [0.25, 0.3) is 5.69 Å². The largest absolute Gasteiger partial charge is 0.321 e. The Morgan fingerprint density at radius 2 is 1.67 bits per heavy atom. The van der Waals surface area contributed by atoms with E-state index in [4.69, 9.17) is 46.4 Å². The number of carbonyl (C=O) groups excluding carboxylic acids is 1. The number of hydrogen-bond donors (Lipinski definition) is 1. The molecule has 0 saturated heterocycles. The molecule has 0 aromatic heterocycles. The summed E-state index contributed by atoms with van der Waals surface area (Å²) in [5, 5.41) is 14.1. The SMILES string of the molecule is O=C(/C=C/c1ccc(Cl)c([N+](=O)[O-])c1)Nc1cc(Cl)c(Cl)cc1Cl. The standard InChI is InChI=1S/C15H8Cl4N2O3/c16-9-3-1-8(5-14(9)21(23)24)2-4-15(22)20-13-7-11(18)10(17)6-12(13)19/h1-7H,(H,20,22)/b4-2+. The lowest BCUT2D eigenvalue weighted by Gasteiger charge is -2.06. The zero-order valence-corrected chi connectivity index (χ0v) is 14.7.